The zero-order valence-electron chi connectivity index (χ0n) is 11.0. The molecule has 1 aromatic rings. The molecule has 0 saturated heterocycles. The van der Waals surface area contributed by atoms with E-state index in [9.17, 15) is 21.4 Å². The summed E-state index contributed by atoms with van der Waals surface area (Å²) in [7, 11) is -7.83. The van der Waals surface area contributed by atoms with Gasteiger partial charge in [-0.1, -0.05) is 0 Å². The van der Waals surface area contributed by atoms with E-state index in [1.807, 2.05) is 0 Å². The highest BCUT2D eigenvalue weighted by Crippen LogP contribution is 2.40. The highest BCUT2D eigenvalue weighted by molar-refractivity contribution is 7.86. The summed E-state index contributed by atoms with van der Waals surface area (Å²) in [5, 5.41) is 0. The van der Waals surface area contributed by atoms with E-state index in [2.05, 4.69) is 0 Å². The van der Waals surface area contributed by atoms with Crippen LogP contribution in [0.3, 0.4) is 0 Å². The summed E-state index contributed by atoms with van der Waals surface area (Å²) in [6, 6.07) is 1.87. The van der Waals surface area contributed by atoms with Crippen LogP contribution < -0.4 is 0 Å². The Labute approximate surface area is 117 Å². The van der Waals surface area contributed by atoms with Crippen molar-refractivity contribution in [3.8, 4) is 0 Å². The second kappa shape index (κ2) is 4.35. The first-order valence-electron chi connectivity index (χ1n) is 5.63. The van der Waals surface area contributed by atoms with Crippen molar-refractivity contribution >= 4 is 31.6 Å². The number of nitrogens with zero attached hydrogens (tertiary/aromatic N) is 1. The van der Waals surface area contributed by atoms with Gasteiger partial charge < -0.3 is 4.55 Å². The van der Waals surface area contributed by atoms with Gasteiger partial charge >= 0.3 is 0 Å². The van der Waals surface area contributed by atoms with Crippen molar-refractivity contribution in [3.05, 3.63) is 17.7 Å². The van der Waals surface area contributed by atoms with Crippen molar-refractivity contribution in [2.75, 3.05) is 7.05 Å². The summed E-state index contributed by atoms with van der Waals surface area (Å²) in [5.41, 5.74) is 1.32. The molecule has 1 unspecified atom stereocenters. The summed E-state index contributed by atoms with van der Waals surface area (Å²) in [6.45, 7) is 3.47. The quantitative estimate of drug-likeness (QED) is 0.633. The topological polar surface area (TPSA) is 115 Å². The maximum absolute atomic E-state index is 11.4. The van der Waals surface area contributed by atoms with Gasteiger partial charge in [-0.2, -0.15) is 8.42 Å². The Hall–Kier alpha value is -1.29. The minimum atomic E-state index is -4.86. The molecule has 7 nitrogen and oxygen atoms in total. The second-order valence-corrected chi connectivity index (χ2v) is 7.48. The molecule has 20 heavy (non-hydrogen) atoms. The van der Waals surface area contributed by atoms with Gasteiger partial charge in [0, 0.05) is 13.0 Å². The average Bonchev–Trinajstić information content (AvgIpc) is 2.51. The lowest BCUT2D eigenvalue weighted by Crippen LogP contribution is -2.09. The molecule has 0 aliphatic carbocycles. The predicted octanol–water partition coefficient (Wildman–Crippen LogP) is 0.689. The van der Waals surface area contributed by atoms with Gasteiger partial charge in [0.2, 0.25) is 5.69 Å². The molecule has 0 spiro atoms. The Balaban J connectivity index is 2.95. The first kappa shape index (κ1) is 15.1. The minimum Gasteiger partial charge on any atom is -0.744 e. The monoisotopic (exact) mass is 319 g/mol. The zero-order chi connectivity index (χ0) is 15.5. The largest absolute Gasteiger partial charge is 0.744 e. The molecule has 110 valence electrons. The molecule has 0 fully saturated rings. The molecule has 0 radical (unpaired) electrons. The van der Waals surface area contributed by atoms with Gasteiger partial charge in [0.05, 0.1) is 16.4 Å². The van der Waals surface area contributed by atoms with Gasteiger partial charge in [-0.3, -0.25) is 4.55 Å². The molecule has 0 aromatic heterocycles. The Morgan fingerprint density at radius 1 is 1.25 bits per heavy atom. The van der Waals surface area contributed by atoms with Gasteiger partial charge in [-0.25, -0.2) is 13.0 Å². The lowest BCUT2D eigenvalue weighted by Gasteiger charge is -2.13. The molecule has 1 N–H and O–H groups in total. The van der Waals surface area contributed by atoms with E-state index in [0.717, 1.165) is 11.8 Å². The molecule has 0 saturated carbocycles. The van der Waals surface area contributed by atoms with E-state index in [4.69, 9.17) is 4.55 Å². The van der Waals surface area contributed by atoms with Crippen LogP contribution >= 0.6 is 0 Å². The maximum Gasteiger partial charge on any atom is 0.294 e. The fourth-order valence-corrected chi connectivity index (χ4v) is 3.77. The third-order valence-electron chi connectivity index (χ3n) is 3.61. The zero-order valence-corrected chi connectivity index (χ0v) is 12.6. The van der Waals surface area contributed by atoms with Gasteiger partial charge in [-0.15, -0.1) is 0 Å². The lowest BCUT2D eigenvalue weighted by molar-refractivity contribution is -0.402. The highest BCUT2D eigenvalue weighted by atomic mass is 32.2. The van der Waals surface area contributed by atoms with E-state index in [1.165, 1.54) is 0 Å². The molecule has 2 rings (SSSR count). The third kappa shape index (κ3) is 2.26. The molecular formula is C11H13NO6S2. The van der Waals surface area contributed by atoms with Crippen molar-refractivity contribution in [1.29, 1.82) is 0 Å². The van der Waals surface area contributed by atoms with Crippen molar-refractivity contribution in [1.82, 2.24) is 0 Å². The summed E-state index contributed by atoms with van der Waals surface area (Å²) < 4.78 is 67.2. The van der Waals surface area contributed by atoms with E-state index in [-0.39, 0.29) is 11.5 Å². The van der Waals surface area contributed by atoms with E-state index >= 15 is 0 Å². The Bertz CT molecular complexity index is 836. The summed E-state index contributed by atoms with van der Waals surface area (Å²) >= 11 is 0. The van der Waals surface area contributed by atoms with Crippen LogP contribution in [0.15, 0.2) is 21.9 Å². The first-order chi connectivity index (χ1) is 8.94. The summed E-state index contributed by atoms with van der Waals surface area (Å²) in [4.78, 5) is -1.22. The lowest BCUT2D eigenvalue weighted by atomic mass is 9.99. The van der Waals surface area contributed by atoms with Crippen LogP contribution in [0.1, 0.15) is 25.3 Å². The smallest absolute Gasteiger partial charge is 0.294 e. The Kier molecular flexibility index (Phi) is 3.29. The van der Waals surface area contributed by atoms with E-state index < -0.39 is 30.0 Å². The molecule has 1 atom stereocenters. The fourth-order valence-electron chi connectivity index (χ4n) is 2.35. The van der Waals surface area contributed by atoms with Crippen LogP contribution in [0, 0.1) is 0 Å². The van der Waals surface area contributed by atoms with Gasteiger partial charge in [0.15, 0.2) is 5.71 Å². The Morgan fingerprint density at radius 2 is 1.80 bits per heavy atom. The van der Waals surface area contributed by atoms with Crippen LogP contribution in [-0.2, 0) is 20.2 Å². The van der Waals surface area contributed by atoms with Gasteiger partial charge in [0.25, 0.3) is 10.1 Å². The SMILES string of the molecule is CC1=[N+](C)c2cc(S(=O)(=O)O)cc(S(=O)(=O)[O-])c2C1C. The standard InChI is InChI=1S/C11H13NO6S2/c1-6-7(2)12(3)9-4-8(19(13,14)15)5-10(11(6)9)20(16,17)18/h4-6H,1-3H3,(H-,13,14,15,16,17,18). The molecule has 0 amide bonds. The molecule has 1 aliphatic heterocycles. The number of fused-ring (bicyclic) bond motifs is 1. The van der Waals surface area contributed by atoms with Crippen LogP contribution in [-0.4, -0.2) is 43.3 Å². The normalized spacial score (nSPS) is 19.4. The van der Waals surface area contributed by atoms with Gasteiger partial charge in [0.1, 0.15) is 22.1 Å². The number of hydrogen-bond acceptors (Lipinski definition) is 5. The number of hydrogen-bond donors (Lipinski definition) is 1. The molecule has 0 bridgehead atoms. The van der Waals surface area contributed by atoms with Crippen molar-refractivity contribution in [3.63, 3.8) is 0 Å². The first-order valence-corrected chi connectivity index (χ1v) is 8.48. The summed E-state index contributed by atoms with van der Waals surface area (Å²) in [6.07, 6.45) is 0. The maximum atomic E-state index is 11.4. The number of benzene rings is 1. The number of rotatable bonds is 2. The van der Waals surface area contributed by atoms with Crippen LogP contribution in [0.25, 0.3) is 0 Å². The third-order valence-corrected chi connectivity index (χ3v) is 5.32. The van der Waals surface area contributed by atoms with E-state index in [1.54, 1.807) is 25.5 Å². The van der Waals surface area contributed by atoms with Crippen molar-refractivity contribution in [2.24, 2.45) is 0 Å². The Morgan fingerprint density at radius 3 is 2.25 bits per heavy atom. The molecular weight excluding hydrogens is 306 g/mol. The van der Waals surface area contributed by atoms with Crippen molar-refractivity contribution < 1.29 is 30.5 Å². The predicted molar refractivity (Wildman–Crippen MR) is 69.2 cm³/mol. The average molecular weight is 319 g/mol. The van der Waals surface area contributed by atoms with Crippen LogP contribution in [0.2, 0.25) is 0 Å². The van der Waals surface area contributed by atoms with Gasteiger partial charge in [-0.05, 0) is 13.0 Å². The fraction of sp³-hybridized carbons (Fsp3) is 0.364. The van der Waals surface area contributed by atoms with Crippen LogP contribution in [0.5, 0.6) is 0 Å². The molecule has 1 aliphatic rings. The molecule has 1 heterocycles. The summed E-state index contributed by atoms with van der Waals surface area (Å²) in [5.74, 6) is -0.329. The highest BCUT2D eigenvalue weighted by Gasteiger charge is 2.37. The minimum absolute atomic E-state index is 0.257. The van der Waals surface area contributed by atoms with E-state index in [0.29, 0.717) is 11.8 Å². The van der Waals surface area contributed by atoms with Crippen LogP contribution in [0.4, 0.5) is 5.69 Å². The molecule has 9 heteroatoms. The second-order valence-electron chi connectivity index (χ2n) is 4.71. The van der Waals surface area contributed by atoms with Crippen molar-refractivity contribution in [2.45, 2.75) is 29.6 Å². The molecule has 1 aromatic carbocycles.